The largest absolute Gasteiger partial charge is 0.486 e. The number of aromatic nitrogens is 2. The van der Waals surface area contributed by atoms with E-state index in [0.29, 0.717) is 17.4 Å². The van der Waals surface area contributed by atoms with Crippen molar-refractivity contribution in [3.8, 4) is 5.75 Å². The highest BCUT2D eigenvalue weighted by atomic mass is 35.5. The number of hydrogen-bond acceptors (Lipinski definition) is 4. The molecule has 5 heteroatoms. The molecule has 0 amide bonds. The van der Waals surface area contributed by atoms with E-state index in [1.807, 2.05) is 18.2 Å². The van der Waals surface area contributed by atoms with Gasteiger partial charge in [-0.3, -0.25) is 4.98 Å². The Kier molecular flexibility index (Phi) is 3.77. The summed E-state index contributed by atoms with van der Waals surface area (Å²) in [6, 6.07) is 7.33. The molecule has 0 radical (unpaired) electrons. The van der Waals surface area contributed by atoms with Gasteiger partial charge in [0.15, 0.2) is 0 Å². The second kappa shape index (κ2) is 5.50. The summed E-state index contributed by atoms with van der Waals surface area (Å²) in [5.41, 5.74) is 0.754. The fourth-order valence-electron chi connectivity index (χ4n) is 1.27. The number of benzene rings is 1. The Labute approximate surface area is 105 Å². The molecule has 0 atom stereocenters. The summed E-state index contributed by atoms with van der Waals surface area (Å²) in [5.74, 6) is 1.38. The number of nitrogens with zero attached hydrogens (tertiary/aromatic N) is 2. The Hall–Kier alpha value is -1.81. The van der Waals surface area contributed by atoms with Crippen LogP contribution in [-0.2, 0) is 6.61 Å². The summed E-state index contributed by atoms with van der Waals surface area (Å²) in [6.45, 7) is 0.348. The Morgan fingerprint density at radius 2 is 2.06 bits per heavy atom. The average molecular weight is 250 g/mol. The Bertz CT molecular complexity index is 487. The summed E-state index contributed by atoms with van der Waals surface area (Å²) < 4.78 is 5.54. The fourth-order valence-corrected chi connectivity index (χ4v) is 1.46. The first-order chi connectivity index (χ1) is 8.29. The first-order valence-electron chi connectivity index (χ1n) is 5.15. The van der Waals surface area contributed by atoms with Crippen molar-refractivity contribution < 1.29 is 4.74 Å². The van der Waals surface area contributed by atoms with E-state index in [9.17, 15) is 0 Å². The maximum atomic E-state index is 5.97. The van der Waals surface area contributed by atoms with Gasteiger partial charge < -0.3 is 10.1 Å². The van der Waals surface area contributed by atoms with Crippen LogP contribution in [0.4, 0.5) is 5.82 Å². The molecule has 0 spiro atoms. The number of para-hydroxylation sites is 1. The van der Waals surface area contributed by atoms with E-state index in [-0.39, 0.29) is 0 Å². The highest BCUT2D eigenvalue weighted by Gasteiger charge is 2.01. The van der Waals surface area contributed by atoms with Gasteiger partial charge in [-0.15, -0.1) is 0 Å². The number of anilines is 1. The molecule has 4 nitrogen and oxygen atoms in total. The lowest BCUT2D eigenvalue weighted by molar-refractivity contribution is 0.301. The van der Waals surface area contributed by atoms with Gasteiger partial charge in [0, 0.05) is 7.05 Å². The van der Waals surface area contributed by atoms with Crippen LogP contribution in [0.3, 0.4) is 0 Å². The maximum absolute atomic E-state index is 5.97. The van der Waals surface area contributed by atoms with Crippen LogP contribution in [0.15, 0.2) is 36.7 Å². The molecule has 0 aliphatic heterocycles. The molecule has 1 N–H and O–H groups in total. The Balaban J connectivity index is 2.00. The van der Waals surface area contributed by atoms with E-state index in [2.05, 4.69) is 15.3 Å². The average Bonchev–Trinajstić information content (AvgIpc) is 2.38. The smallest absolute Gasteiger partial charge is 0.144 e. The Morgan fingerprint density at radius 1 is 1.24 bits per heavy atom. The third-order valence-electron chi connectivity index (χ3n) is 2.17. The molecule has 0 fully saturated rings. The minimum Gasteiger partial charge on any atom is -0.486 e. The summed E-state index contributed by atoms with van der Waals surface area (Å²) in [7, 11) is 1.80. The first kappa shape index (κ1) is 11.7. The molecule has 0 bridgehead atoms. The molecule has 2 rings (SSSR count). The van der Waals surface area contributed by atoms with Gasteiger partial charge in [0.25, 0.3) is 0 Å². The second-order valence-corrected chi connectivity index (χ2v) is 3.77. The van der Waals surface area contributed by atoms with E-state index in [0.717, 1.165) is 11.5 Å². The van der Waals surface area contributed by atoms with Crippen LogP contribution in [0.25, 0.3) is 0 Å². The molecule has 17 heavy (non-hydrogen) atoms. The molecule has 88 valence electrons. The molecule has 0 saturated heterocycles. The molecule has 0 aliphatic carbocycles. The molecular formula is C12H12ClN3O. The van der Waals surface area contributed by atoms with Crippen LogP contribution < -0.4 is 10.1 Å². The van der Waals surface area contributed by atoms with E-state index in [1.54, 1.807) is 25.5 Å². The topological polar surface area (TPSA) is 47.0 Å². The molecule has 0 aliphatic rings. The van der Waals surface area contributed by atoms with Crippen molar-refractivity contribution in [1.82, 2.24) is 9.97 Å². The summed E-state index contributed by atoms with van der Waals surface area (Å²) in [5, 5.41) is 3.49. The highest BCUT2D eigenvalue weighted by Crippen LogP contribution is 2.23. The monoisotopic (exact) mass is 249 g/mol. The quantitative estimate of drug-likeness (QED) is 0.905. The lowest BCUT2D eigenvalue weighted by atomic mass is 10.3. The van der Waals surface area contributed by atoms with E-state index in [1.165, 1.54) is 0 Å². The van der Waals surface area contributed by atoms with Gasteiger partial charge in [0.05, 0.1) is 23.1 Å². The predicted molar refractivity (Wildman–Crippen MR) is 67.4 cm³/mol. The molecular weight excluding hydrogens is 238 g/mol. The fraction of sp³-hybridized carbons (Fsp3) is 0.167. The number of nitrogens with one attached hydrogen (secondary N) is 1. The minimum absolute atomic E-state index is 0.348. The SMILES string of the molecule is CNc1cnc(COc2ccccc2Cl)cn1. The van der Waals surface area contributed by atoms with Crippen molar-refractivity contribution >= 4 is 17.4 Å². The number of rotatable bonds is 4. The van der Waals surface area contributed by atoms with Crippen LogP contribution in [0.1, 0.15) is 5.69 Å². The van der Waals surface area contributed by atoms with Crippen molar-refractivity contribution in [2.75, 3.05) is 12.4 Å². The maximum Gasteiger partial charge on any atom is 0.144 e. The van der Waals surface area contributed by atoms with Gasteiger partial charge in [0.2, 0.25) is 0 Å². The zero-order valence-electron chi connectivity index (χ0n) is 9.35. The first-order valence-corrected chi connectivity index (χ1v) is 5.53. The predicted octanol–water partition coefficient (Wildman–Crippen LogP) is 2.75. The third-order valence-corrected chi connectivity index (χ3v) is 2.49. The Morgan fingerprint density at radius 3 is 2.71 bits per heavy atom. The lowest BCUT2D eigenvalue weighted by Crippen LogP contribution is -2.01. The summed E-state index contributed by atoms with van der Waals surface area (Å²) >= 11 is 5.97. The van der Waals surface area contributed by atoms with Crippen molar-refractivity contribution in [1.29, 1.82) is 0 Å². The number of ether oxygens (including phenoxy) is 1. The van der Waals surface area contributed by atoms with Gasteiger partial charge in [0.1, 0.15) is 18.2 Å². The molecule has 1 aromatic heterocycles. The summed E-state index contributed by atoms with van der Waals surface area (Å²) in [4.78, 5) is 8.35. The van der Waals surface area contributed by atoms with Gasteiger partial charge >= 0.3 is 0 Å². The van der Waals surface area contributed by atoms with Gasteiger partial charge in [-0.05, 0) is 12.1 Å². The van der Waals surface area contributed by atoms with Crippen molar-refractivity contribution in [2.24, 2.45) is 0 Å². The minimum atomic E-state index is 0.348. The van der Waals surface area contributed by atoms with Crippen LogP contribution in [0, 0.1) is 0 Å². The molecule has 1 heterocycles. The highest BCUT2D eigenvalue weighted by molar-refractivity contribution is 6.32. The normalized spacial score (nSPS) is 10.0. The molecule has 0 unspecified atom stereocenters. The van der Waals surface area contributed by atoms with Gasteiger partial charge in [-0.1, -0.05) is 23.7 Å². The van der Waals surface area contributed by atoms with Crippen LogP contribution in [0.2, 0.25) is 5.02 Å². The van der Waals surface area contributed by atoms with E-state index >= 15 is 0 Å². The zero-order valence-corrected chi connectivity index (χ0v) is 10.1. The number of halogens is 1. The molecule has 1 aromatic carbocycles. The van der Waals surface area contributed by atoms with Crippen LogP contribution >= 0.6 is 11.6 Å². The second-order valence-electron chi connectivity index (χ2n) is 3.36. The van der Waals surface area contributed by atoms with Gasteiger partial charge in [-0.25, -0.2) is 4.98 Å². The standard InChI is InChI=1S/C12H12ClN3O/c1-14-12-7-15-9(6-16-12)8-17-11-5-3-2-4-10(11)13/h2-7H,8H2,1H3,(H,14,16). The number of hydrogen-bond donors (Lipinski definition) is 1. The van der Waals surface area contributed by atoms with Gasteiger partial charge in [-0.2, -0.15) is 0 Å². The van der Waals surface area contributed by atoms with Crippen LogP contribution in [0.5, 0.6) is 5.75 Å². The zero-order chi connectivity index (χ0) is 12.1. The molecule has 2 aromatic rings. The lowest BCUT2D eigenvalue weighted by Gasteiger charge is -2.07. The van der Waals surface area contributed by atoms with Crippen molar-refractivity contribution in [2.45, 2.75) is 6.61 Å². The van der Waals surface area contributed by atoms with Crippen molar-refractivity contribution in [3.63, 3.8) is 0 Å². The van der Waals surface area contributed by atoms with Crippen molar-refractivity contribution in [3.05, 3.63) is 47.4 Å². The third kappa shape index (κ3) is 3.07. The molecule has 0 saturated carbocycles. The van der Waals surface area contributed by atoms with E-state index in [4.69, 9.17) is 16.3 Å². The van der Waals surface area contributed by atoms with E-state index < -0.39 is 0 Å². The van der Waals surface area contributed by atoms with Crippen LogP contribution in [-0.4, -0.2) is 17.0 Å². The summed E-state index contributed by atoms with van der Waals surface area (Å²) in [6.07, 6.45) is 3.33.